The lowest BCUT2D eigenvalue weighted by molar-refractivity contribution is -0.127. The first-order chi connectivity index (χ1) is 11.9. The molecule has 132 valence electrons. The molecule has 0 aliphatic heterocycles. The van der Waals surface area contributed by atoms with E-state index in [2.05, 4.69) is 10.5 Å². The average Bonchev–Trinajstić information content (AvgIpc) is 2.58. The zero-order valence-electron chi connectivity index (χ0n) is 14.3. The first kappa shape index (κ1) is 19.3. The molecule has 1 unspecified atom stereocenters. The summed E-state index contributed by atoms with van der Waals surface area (Å²) in [6.07, 6.45) is -0.758. The van der Waals surface area contributed by atoms with Gasteiger partial charge in [-0.2, -0.15) is 5.10 Å². The normalized spacial score (nSPS) is 12.8. The lowest BCUT2D eigenvalue weighted by Gasteiger charge is -2.15. The molecule has 6 heteroatoms. The van der Waals surface area contributed by atoms with Gasteiger partial charge >= 0.3 is 0 Å². The number of amides is 1. The molecule has 0 saturated heterocycles. The summed E-state index contributed by atoms with van der Waals surface area (Å²) in [6.45, 7) is 5.67. The molecule has 1 atom stereocenters. The number of carbonyl (C=O) groups is 1. The second-order valence-electron chi connectivity index (χ2n) is 5.83. The van der Waals surface area contributed by atoms with Crippen LogP contribution in [0, 0.1) is 5.92 Å². The summed E-state index contributed by atoms with van der Waals surface area (Å²) in [5, 5.41) is 5.13. The Kier molecular flexibility index (Phi) is 6.85. The van der Waals surface area contributed by atoms with Crippen LogP contribution < -0.4 is 10.2 Å². The second-order valence-corrected chi connectivity index (χ2v) is 6.67. The van der Waals surface area contributed by atoms with Crippen LogP contribution in [0.1, 0.15) is 26.3 Å². The maximum Gasteiger partial charge on any atom is 0.280 e. The summed E-state index contributed by atoms with van der Waals surface area (Å²) < 4.78 is 5.59. The minimum Gasteiger partial charge on any atom is -0.479 e. The van der Waals surface area contributed by atoms with Crippen molar-refractivity contribution in [3.05, 3.63) is 64.1 Å². The molecule has 25 heavy (non-hydrogen) atoms. The van der Waals surface area contributed by atoms with E-state index in [0.29, 0.717) is 15.8 Å². The van der Waals surface area contributed by atoms with Gasteiger partial charge in [-0.25, -0.2) is 5.43 Å². The number of nitrogens with zero attached hydrogens (tertiary/aromatic N) is 1. The van der Waals surface area contributed by atoms with Gasteiger partial charge in [-0.05, 0) is 36.6 Å². The molecule has 0 saturated carbocycles. The van der Waals surface area contributed by atoms with Crippen molar-refractivity contribution in [2.24, 2.45) is 11.0 Å². The Balaban J connectivity index is 2.06. The molecule has 0 radical (unpaired) electrons. The number of carbonyl (C=O) groups excluding carboxylic acids is 1. The quantitative estimate of drug-likeness (QED) is 0.571. The molecule has 0 fully saturated rings. The van der Waals surface area contributed by atoms with Crippen LogP contribution in [0.4, 0.5) is 0 Å². The van der Waals surface area contributed by atoms with E-state index in [4.69, 9.17) is 27.9 Å². The van der Waals surface area contributed by atoms with E-state index in [1.54, 1.807) is 25.1 Å². The monoisotopic (exact) mass is 378 g/mol. The van der Waals surface area contributed by atoms with Gasteiger partial charge in [0.1, 0.15) is 5.75 Å². The molecule has 4 nitrogen and oxygen atoms in total. The van der Waals surface area contributed by atoms with E-state index < -0.39 is 6.10 Å². The zero-order chi connectivity index (χ0) is 18.4. The molecular weight excluding hydrogens is 359 g/mol. The van der Waals surface area contributed by atoms with E-state index in [1.165, 1.54) is 0 Å². The molecule has 0 aliphatic rings. The van der Waals surface area contributed by atoms with E-state index in [1.807, 2.05) is 44.2 Å². The highest BCUT2D eigenvalue weighted by molar-refractivity contribution is 6.35. The number of halogens is 2. The van der Waals surface area contributed by atoms with Gasteiger partial charge in [0.2, 0.25) is 0 Å². The van der Waals surface area contributed by atoms with Crippen molar-refractivity contribution in [3.63, 3.8) is 0 Å². The molecule has 2 aromatic carbocycles. The minimum atomic E-state index is -0.758. The summed E-state index contributed by atoms with van der Waals surface area (Å²) in [4.78, 5) is 12.3. The first-order valence-electron chi connectivity index (χ1n) is 7.93. The Hall–Kier alpha value is -2.04. The van der Waals surface area contributed by atoms with Gasteiger partial charge in [0, 0.05) is 5.02 Å². The van der Waals surface area contributed by atoms with Crippen LogP contribution in [0.15, 0.2) is 53.6 Å². The molecule has 2 rings (SSSR count). The van der Waals surface area contributed by atoms with Crippen molar-refractivity contribution in [2.75, 3.05) is 0 Å². The maximum atomic E-state index is 12.3. The summed E-state index contributed by atoms with van der Waals surface area (Å²) >= 11 is 11.9. The topological polar surface area (TPSA) is 50.7 Å². The standard InChI is InChI=1S/C19H20Cl2N2O2/c1-12(2)18(14-7-5-4-6-8-14)22-23-19(24)13(3)25-17-10-9-15(20)11-16(17)21/h4-13H,1-3H3,(H,23,24)/b22-18+. The zero-order valence-corrected chi connectivity index (χ0v) is 15.8. The predicted octanol–water partition coefficient (Wildman–Crippen LogP) is 4.94. The van der Waals surface area contributed by atoms with Crippen molar-refractivity contribution in [2.45, 2.75) is 26.9 Å². The van der Waals surface area contributed by atoms with Crippen LogP contribution in [-0.2, 0) is 4.79 Å². The van der Waals surface area contributed by atoms with Crippen LogP contribution in [0.25, 0.3) is 0 Å². The summed E-state index contributed by atoms with van der Waals surface area (Å²) in [6, 6.07) is 14.6. The lowest BCUT2D eigenvalue weighted by atomic mass is 10.0. The van der Waals surface area contributed by atoms with E-state index in [9.17, 15) is 4.79 Å². The Bertz CT molecular complexity index is 761. The fraction of sp³-hybridized carbons (Fsp3) is 0.263. The van der Waals surface area contributed by atoms with Gasteiger partial charge in [-0.1, -0.05) is 67.4 Å². The molecule has 0 aromatic heterocycles. The highest BCUT2D eigenvalue weighted by Crippen LogP contribution is 2.28. The Morgan fingerprint density at radius 2 is 1.76 bits per heavy atom. The highest BCUT2D eigenvalue weighted by atomic mass is 35.5. The molecule has 0 heterocycles. The predicted molar refractivity (Wildman–Crippen MR) is 103 cm³/mol. The van der Waals surface area contributed by atoms with Crippen molar-refractivity contribution in [1.29, 1.82) is 0 Å². The number of ether oxygens (including phenoxy) is 1. The van der Waals surface area contributed by atoms with Crippen molar-refractivity contribution in [1.82, 2.24) is 5.43 Å². The number of benzene rings is 2. The van der Waals surface area contributed by atoms with Gasteiger partial charge in [0.05, 0.1) is 10.7 Å². The third-order valence-corrected chi connectivity index (χ3v) is 4.00. The number of nitrogens with one attached hydrogen (secondary N) is 1. The average molecular weight is 379 g/mol. The fourth-order valence-corrected chi connectivity index (χ4v) is 2.61. The number of hydrogen-bond acceptors (Lipinski definition) is 3. The van der Waals surface area contributed by atoms with E-state index in [0.717, 1.165) is 11.3 Å². The molecule has 1 N–H and O–H groups in total. The van der Waals surface area contributed by atoms with Crippen LogP contribution in [-0.4, -0.2) is 17.7 Å². The number of hydrogen-bond donors (Lipinski definition) is 1. The van der Waals surface area contributed by atoms with Crippen LogP contribution in [0.5, 0.6) is 5.75 Å². The van der Waals surface area contributed by atoms with Crippen molar-refractivity contribution < 1.29 is 9.53 Å². The number of rotatable bonds is 6. The Labute approximate surface area is 157 Å². The number of hydrazone groups is 1. The van der Waals surface area contributed by atoms with E-state index >= 15 is 0 Å². The fourth-order valence-electron chi connectivity index (χ4n) is 2.16. The molecule has 1 amide bonds. The summed E-state index contributed by atoms with van der Waals surface area (Å²) in [5.41, 5.74) is 4.33. The van der Waals surface area contributed by atoms with Crippen LogP contribution >= 0.6 is 23.2 Å². The lowest BCUT2D eigenvalue weighted by Crippen LogP contribution is -2.34. The van der Waals surface area contributed by atoms with Gasteiger partial charge in [-0.3, -0.25) is 4.79 Å². The molecular formula is C19H20Cl2N2O2. The SMILES string of the molecule is CC(Oc1ccc(Cl)cc1Cl)C(=O)N/N=C(/c1ccccc1)C(C)C. The third kappa shape index (κ3) is 5.48. The van der Waals surface area contributed by atoms with Gasteiger partial charge < -0.3 is 4.74 Å². The van der Waals surface area contributed by atoms with E-state index in [-0.39, 0.29) is 11.8 Å². The molecule has 0 bridgehead atoms. The smallest absolute Gasteiger partial charge is 0.280 e. The van der Waals surface area contributed by atoms with Gasteiger partial charge in [0.25, 0.3) is 5.91 Å². The van der Waals surface area contributed by atoms with Crippen molar-refractivity contribution >= 4 is 34.8 Å². The minimum absolute atomic E-state index is 0.157. The Morgan fingerprint density at radius 3 is 2.36 bits per heavy atom. The van der Waals surface area contributed by atoms with Crippen LogP contribution in [0.3, 0.4) is 0 Å². The molecule has 0 aliphatic carbocycles. The Morgan fingerprint density at radius 1 is 1.08 bits per heavy atom. The van der Waals surface area contributed by atoms with Crippen molar-refractivity contribution in [3.8, 4) is 5.75 Å². The molecule has 0 spiro atoms. The summed E-state index contributed by atoms with van der Waals surface area (Å²) in [5.74, 6) is 0.189. The largest absolute Gasteiger partial charge is 0.479 e. The second kappa shape index (κ2) is 8.88. The van der Waals surface area contributed by atoms with Gasteiger partial charge in [-0.15, -0.1) is 0 Å². The molecule has 2 aromatic rings. The summed E-state index contributed by atoms with van der Waals surface area (Å²) in [7, 11) is 0. The van der Waals surface area contributed by atoms with Crippen LogP contribution in [0.2, 0.25) is 10.0 Å². The first-order valence-corrected chi connectivity index (χ1v) is 8.68. The van der Waals surface area contributed by atoms with Gasteiger partial charge in [0.15, 0.2) is 6.10 Å². The highest BCUT2D eigenvalue weighted by Gasteiger charge is 2.17. The third-order valence-electron chi connectivity index (χ3n) is 3.47. The maximum absolute atomic E-state index is 12.3.